The zero-order valence-corrected chi connectivity index (χ0v) is 29.8. The van der Waals surface area contributed by atoms with E-state index in [1.807, 2.05) is 13.1 Å². The van der Waals surface area contributed by atoms with Crippen molar-refractivity contribution in [2.45, 2.75) is 103 Å². The van der Waals surface area contributed by atoms with Gasteiger partial charge in [-0.2, -0.15) is 8.42 Å². The Hall–Kier alpha value is -3.19. The van der Waals surface area contributed by atoms with Crippen LogP contribution in [0.15, 0.2) is 29.4 Å². The van der Waals surface area contributed by atoms with Gasteiger partial charge in [-0.15, -0.1) is 0 Å². The molecule has 1 aliphatic rings. The number of nitrogens with zero attached hydrogens (tertiary/aromatic N) is 1. The Bertz CT molecular complexity index is 1410. The van der Waals surface area contributed by atoms with Gasteiger partial charge in [0, 0.05) is 34.1 Å². The monoisotopic (exact) mass is 707 g/mol. The molecule has 258 valence electrons. The largest absolute Gasteiger partial charge is 0.543 e. The summed E-state index contributed by atoms with van der Waals surface area (Å²) < 4.78 is 70.7. The summed E-state index contributed by atoms with van der Waals surface area (Å²) in [5.74, 6) is -2.64. The van der Waals surface area contributed by atoms with Gasteiger partial charge in [0.15, 0.2) is 18.3 Å². The molecule has 1 N–H and O–H groups in total. The lowest BCUT2D eigenvalue weighted by atomic mass is 9.99. The molecule has 0 unspecified atom stereocenters. The number of carbonyl (C=O) groups is 4. The van der Waals surface area contributed by atoms with Crippen molar-refractivity contribution in [3.63, 3.8) is 0 Å². The van der Waals surface area contributed by atoms with Crippen molar-refractivity contribution in [1.29, 1.82) is 0 Å². The number of oxime groups is 1. The van der Waals surface area contributed by atoms with Crippen LogP contribution in [-0.2, 0) is 64.0 Å². The summed E-state index contributed by atoms with van der Waals surface area (Å²) in [5, 5.41) is 3.37. The lowest BCUT2D eigenvalue weighted by Crippen LogP contribution is -2.61. The van der Waals surface area contributed by atoms with Crippen LogP contribution in [0.25, 0.3) is 0 Å². The Morgan fingerprint density at radius 2 is 1.46 bits per heavy atom. The molecule has 1 aliphatic heterocycles. The Kier molecular flexibility index (Phi) is 13.6. The molecule has 46 heavy (non-hydrogen) atoms. The number of ether oxygens (including phenoxy) is 5. The van der Waals surface area contributed by atoms with E-state index >= 15 is 0 Å². The third-order valence-electron chi connectivity index (χ3n) is 6.92. The molecular formula is C28H41NO14S2Si. The van der Waals surface area contributed by atoms with Gasteiger partial charge in [-0.05, 0) is 29.8 Å². The average Bonchev–Trinajstić information content (AvgIpc) is 2.88. The molecule has 1 saturated heterocycles. The predicted octanol–water partition coefficient (Wildman–Crippen LogP) is 3.56. The maximum atomic E-state index is 12.2. The second kappa shape index (κ2) is 16.1. The van der Waals surface area contributed by atoms with E-state index in [0.29, 0.717) is 23.1 Å². The van der Waals surface area contributed by atoms with E-state index in [1.165, 1.54) is 0 Å². The molecule has 0 radical (unpaired) electrons. The van der Waals surface area contributed by atoms with Crippen molar-refractivity contribution < 1.29 is 64.5 Å². The number of carbonyl (C=O) groups excluding carboxylic acids is 4. The van der Waals surface area contributed by atoms with Crippen molar-refractivity contribution >= 4 is 59.4 Å². The normalized spacial score (nSPS) is 22.3. The van der Waals surface area contributed by atoms with Crippen molar-refractivity contribution in [3.8, 4) is 5.75 Å². The molecule has 1 fully saturated rings. The minimum absolute atomic E-state index is 0.107. The fraction of sp³-hybridized carbons (Fsp3) is 0.607. The van der Waals surface area contributed by atoms with E-state index in [4.69, 9.17) is 28.1 Å². The molecule has 1 aromatic rings. The van der Waals surface area contributed by atoms with Crippen LogP contribution >= 0.6 is 11.8 Å². The standard InChI is InChI=1S/C28H41NO14S2Si/c1-16(30)37-15-22-24(38-17(2)31)25(39-18(3)32)26(40-19(4)33)27(41-22)44-23(29-43-45(34,35)36)14-20-12-10-11-13-21(20)42-46(8,9)28(5,6)7/h10-13,22,24-27H,14-15H2,1-9H3,(H,34,35,36)/b29-23-/t22-,24-,25+,26-,27+/m1/s1. The summed E-state index contributed by atoms with van der Waals surface area (Å²) in [7, 11) is -7.41. The van der Waals surface area contributed by atoms with Gasteiger partial charge in [0.1, 0.15) is 28.9 Å². The Labute approximate surface area is 273 Å². The SMILES string of the molecule is CC(=O)OC[C@H]1O[C@@H](S/C(Cc2ccccc2O[Si](C)(C)C(C)(C)C)=N\OS(=O)(=O)O)[C@H](OC(C)=O)[C@@H](OC(C)=O)[C@@H]1OC(C)=O. The van der Waals surface area contributed by atoms with Crippen LogP contribution in [0.2, 0.25) is 18.1 Å². The van der Waals surface area contributed by atoms with E-state index < -0.39 is 79.1 Å². The van der Waals surface area contributed by atoms with Crippen molar-refractivity contribution in [3.05, 3.63) is 29.8 Å². The van der Waals surface area contributed by atoms with Gasteiger partial charge in [-0.25, -0.2) is 4.28 Å². The average molecular weight is 708 g/mol. The quantitative estimate of drug-likeness (QED) is 0.0628. The van der Waals surface area contributed by atoms with E-state index in [2.05, 4.69) is 30.2 Å². The van der Waals surface area contributed by atoms with Gasteiger partial charge in [-0.3, -0.25) is 23.7 Å². The molecule has 0 bridgehead atoms. The van der Waals surface area contributed by atoms with Crippen LogP contribution in [0.5, 0.6) is 5.75 Å². The Morgan fingerprint density at radius 3 is 1.98 bits per heavy atom. The molecule has 0 saturated carbocycles. The molecule has 18 heteroatoms. The number of para-hydroxylation sites is 1. The number of hydrogen-bond acceptors (Lipinski definition) is 15. The third-order valence-corrected chi connectivity index (χ3v) is 12.6. The highest BCUT2D eigenvalue weighted by molar-refractivity contribution is 8.14. The maximum Gasteiger partial charge on any atom is 0.466 e. The molecule has 0 aromatic heterocycles. The van der Waals surface area contributed by atoms with Crippen LogP contribution in [0.1, 0.15) is 54.0 Å². The topological polar surface area (TPSA) is 200 Å². The molecular weight excluding hydrogens is 667 g/mol. The molecule has 15 nitrogen and oxygen atoms in total. The fourth-order valence-electron chi connectivity index (χ4n) is 3.94. The number of hydrogen-bond donors (Lipinski definition) is 1. The number of thioether (sulfide) groups is 1. The van der Waals surface area contributed by atoms with Gasteiger partial charge in [-0.1, -0.05) is 55.9 Å². The van der Waals surface area contributed by atoms with Crippen LogP contribution in [0.3, 0.4) is 0 Å². The molecule has 2 rings (SSSR count). The second-order valence-corrected chi connectivity index (χ2v) is 18.7. The number of rotatable bonds is 12. The first kappa shape index (κ1) is 39.0. The van der Waals surface area contributed by atoms with Gasteiger partial charge in [0.05, 0.1) is 0 Å². The zero-order valence-electron chi connectivity index (χ0n) is 27.1. The predicted molar refractivity (Wildman–Crippen MR) is 168 cm³/mol. The summed E-state index contributed by atoms with van der Waals surface area (Å²) in [5.41, 5.74) is -0.777. The minimum atomic E-state index is -5.06. The van der Waals surface area contributed by atoms with E-state index in [1.54, 1.807) is 24.3 Å². The summed E-state index contributed by atoms with van der Waals surface area (Å²) >= 11 is 0.707. The lowest BCUT2D eigenvalue weighted by Gasteiger charge is -2.44. The highest BCUT2D eigenvalue weighted by atomic mass is 32.3. The first-order valence-corrected chi connectivity index (χ1v) is 19.2. The van der Waals surface area contributed by atoms with Crippen LogP contribution < -0.4 is 4.43 Å². The molecule has 0 spiro atoms. The Balaban J connectivity index is 2.63. The Morgan fingerprint density at radius 1 is 0.913 bits per heavy atom. The van der Waals surface area contributed by atoms with E-state index in [0.717, 1.165) is 27.7 Å². The van der Waals surface area contributed by atoms with E-state index in [9.17, 15) is 32.1 Å². The first-order chi connectivity index (χ1) is 21.1. The summed E-state index contributed by atoms with van der Waals surface area (Å²) in [6, 6.07) is 6.97. The maximum absolute atomic E-state index is 12.2. The first-order valence-electron chi connectivity index (χ1n) is 14.1. The summed E-state index contributed by atoms with van der Waals surface area (Å²) in [6.07, 6.45) is -5.69. The molecule has 0 aliphatic carbocycles. The van der Waals surface area contributed by atoms with Gasteiger partial charge in [0.25, 0.3) is 0 Å². The summed E-state index contributed by atoms with van der Waals surface area (Å²) in [4.78, 5) is 48.1. The molecule has 5 atom stereocenters. The van der Waals surface area contributed by atoms with Gasteiger partial charge >= 0.3 is 34.3 Å². The number of esters is 4. The van der Waals surface area contributed by atoms with Crippen molar-refractivity contribution in [2.75, 3.05) is 6.61 Å². The van der Waals surface area contributed by atoms with Crippen LogP contribution in [-0.4, -0.2) is 86.7 Å². The highest BCUT2D eigenvalue weighted by Crippen LogP contribution is 2.39. The number of benzene rings is 1. The molecule has 1 aromatic carbocycles. The van der Waals surface area contributed by atoms with Crippen LogP contribution in [0, 0.1) is 0 Å². The fourth-order valence-corrected chi connectivity index (χ4v) is 6.36. The van der Waals surface area contributed by atoms with Gasteiger partial charge in [0.2, 0.25) is 8.32 Å². The van der Waals surface area contributed by atoms with Gasteiger partial charge < -0.3 is 28.1 Å². The second-order valence-electron chi connectivity index (χ2n) is 11.8. The van der Waals surface area contributed by atoms with Crippen molar-refractivity contribution in [1.82, 2.24) is 0 Å². The smallest absolute Gasteiger partial charge is 0.466 e. The zero-order chi connectivity index (χ0) is 35.0. The summed E-state index contributed by atoms with van der Waals surface area (Å²) in [6.45, 7) is 14.2. The molecule has 1 heterocycles. The lowest BCUT2D eigenvalue weighted by molar-refractivity contribution is -0.237. The van der Waals surface area contributed by atoms with Crippen LogP contribution in [0.4, 0.5) is 0 Å². The minimum Gasteiger partial charge on any atom is -0.543 e. The highest BCUT2D eigenvalue weighted by Gasteiger charge is 2.53. The van der Waals surface area contributed by atoms with Crippen molar-refractivity contribution in [2.24, 2.45) is 5.16 Å². The third kappa shape index (κ3) is 12.2. The van der Waals surface area contributed by atoms with E-state index in [-0.39, 0.29) is 16.5 Å². The molecule has 0 amide bonds.